The first-order chi connectivity index (χ1) is 8.19. The van der Waals surface area contributed by atoms with Gasteiger partial charge in [0.15, 0.2) is 5.78 Å². The summed E-state index contributed by atoms with van der Waals surface area (Å²) in [7, 11) is 1.12. The van der Waals surface area contributed by atoms with Gasteiger partial charge in [-0.1, -0.05) is 35.5 Å². The van der Waals surface area contributed by atoms with E-state index >= 15 is 0 Å². The van der Waals surface area contributed by atoms with E-state index in [1.165, 1.54) is 0 Å². The van der Waals surface area contributed by atoms with Gasteiger partial charge in [-0.15, -0.1) is 0 Å². The van der Waals surface area contributed by atoms with Crippen molar-refractivity contribution in [3.8, 4) is 0 Å². The minimum Gasteiger partial charge on any atom is -0.464 e. The Morgan fingerprint density at radius 3 is 2.47 bits per heavy atom. The zero-order valence-electron chi connectivity index (χ0n) is 9.42. The number of rotatable bonds is 5. The number of hydrogen-bond acceptors (Lipinski definition) is 5. The number of esters is 1. The molecule has 1 rings (SSSR count). The van der Waals surface area contributed by atoms with Crippen LogP contribution in [0.1, 0.15) is 12.0 Å². The Hall–Kier alpha value is -2.17. The Morgan fingerprint density at radius 1 is 1.29 bits per heavy atom. The number of ether oxygens (including phenoxy) is 1. The fraction of sp³-hybridized carbons (Fsp3) is 0.250. The molecule has 0 fully saturated rings. The van der Waals surface area contributed by atoms with Gasteiger partial charge in [0.2, 0.25) is 5.71 Å². The third kappa shape index (κ3) is 3.71. The van der Waals surface area contributed by atoms with Crippen molar-refractivity contribution in [3.63, 3.8) is 0 Å². The molecule has 17 heavy (non-hydrogen) atoms. The Balaban J connectivity index is 2.58. The highest BCUT2D eigenvalue weighted by atomic mass is 16.5. The molecule has 0 spiro atoms. The number of ketones is 1. The lowest BCUT2D eigenvalue weighted by Crippen LogP contribution is -2.25. The number of aryl methyl sites for hydroxylation is 1. The van der Waals surface area contributed by atoms with Crippen LogP contribution < -0.4 is 0 Å². The van der Waals surface area contributed by atoms with Gasteiger partial charge in [-0.2, -0.15) is 0 Å². The maximum absolute atomic E-state index is 11.6. The summed E-state index contributed by atoms with van der Waals surface area (Å²) in [4.78, 5) is 22.6. The highest BCUT2D eigenvalue weighted by molar-refractivity contribution is 6.64. The minimum absolute atomic E-state index is 0.0957. The van der Waals surface area contributed by atoms with E-state index in [-0.39, 0.29) is 6.42 Å². The van der Waals surface area contributed by atoms with Crippen LogP contribution in [0, 0.1) is 0 Å². The summed E-state index contributed by atoms with van der Waals surface area (Å²) in [6.45, 7) is 0. The van der Waals surface area contributed by atoms with E-state index < -0.39 is 17.5 Å². The van der Waals surface area contributed by atoms with E-state index in [0.717, 1.165) is 12.7 Å². The van der Waals surface area contributed by atoms with Gasteiger partial charge in [-0.25, -0.2) is 4.79 Å². The van der Waals surface area contributed by atoms with E-state index in [2.05, 4.69) is 9.89 Å². The van der Waals surface area contributed by atoms with E-state index in [9.17, 15) is 9.59 Å². The summed E-state index contributed by atoms with van der Waals surface area (Å²) in [5, 5.41) is 11.2. The Labute approximate surface area is 98.7 Å². The lowest BCUT2D eigenvalue weighted by atomic mass is 10.1. The molecular formula is C12H13NO4. The van der Waals surface area contributed by atoms with Gasteiger partial charge >= 0.3 is 5.97 Å². The predicted molar refractivity (Wildman–Crippen MR) is 61.0 cm³/mol. The highest BCUT2D eigenvalue weighted by Crippen LogP contribution is 2.03. The molecule has 0 saturated heterocycles. The van der Waals surface area contributed by atoms with Crippen molar-refractivity contribution in [1.29, 1.82) is 0 Å². The molecule has 0 amide bonds. The third-order valence-electron chi connectivity index (χ3n) is 2.23. The second-order valence-electron chi connectivity index (χ2n) is 3.35. The zero-order chi connectivity index (χ0) is 12.7. The molecule has 0 aromatic heterocycles. The second-order valence-corrected chi connectivity index (χ2v) is 3.35. The molecule has 1 aromatic carbocycles. The van der Waals surface area contributed by atoms with Gasteiger partial charge in [0.1, 0.15) is 0 Å². The number of carbonyl (C=O) groups is 2. The number of benzene rings is 1. The first-order valence-electron chi connectivity index (χ1n) is 5.06. The molecule has 0 unspecified atom stereocenters. The van der Waals surface area contributed by atoms with Crippen molar-refractivity contribution >= 4 is 17.5 Å². The summed E-state index contributed by atoms with van der Waals surface area (Å²) in [5.41, 5.74) is 0.409. The average molecular weight is 235 g/mol. The predicted octanol–water partition coefficient (Wildman–Crippen LogP) is 1.19. The number of nitrogens with zero attached hydrogens (tertiary/aromatic N) is 1. The van der Waals surface area contributed by atoms with Crippen LogP contribution in [-0.4, -0.2) is 29.8 Å². The largest absolute Gasteiger partial charge is 0.464 e. The maximum Gasteiger partial charge on any atom is 0.363 e. The normalized spacial score (nSPS) is 11.0. The van der Waals surface area contributed by atoms with Crippen molar-refractivity contribution in [2.75, 3.05) is 7.11 Å². The van der Waals surface area contributed by atoms with Crippen LogP contribution in [0.15, 0.2) is 35.5 Å². The van der Waals surface area contributed by atoms with E-state index in [1.54, 1.807) is 0 Å². The number of carbonyl (C=O) groups excluding carboxylic acids is 2. The summed E-state index contributed by atoms with van der Waals surface area (Å²) in [6.07, 6.45) is 0.578. The Morgan fingerprint density at radius 2 is 1.94 bits per heavy atom. The van der Waals surface area contributed by atoms with Crippen molar-refractivity contribution < 1.29 is 19.5 Å². The monoisotopic (exact) mass is 235 g/mol. The van der Waals surface area contributed by atoms with E-state index in [0.29, 0.717) is 6.42 Å². The fourth-order valence-electron chi connectivity index (χ4n) is 1.33. The molecule has 0 aliphatic rings. The standard InChI is InChI=1S/C12H13NO4/c1-17-12(15)11(13-16)10(14)8-7-9-5-3-2-4-6-9/h2-6,16H,7-8H2,1H3/b13-11-. The van der Waals surface area contributed by atoms with Crippen molar-refractivity contribution in [2.45, 2.75) is 12.8 Å². The van der Waals surface area contributed by atoms with E-state index in [1.807, 2.05) is 30.3 Å². The molecule has 1 aromatic rings. The zero-order valence-corrected chi connectivity index (χ0v) is 9.42. The van der Waals surface area contributed by atoms with Crippen LogP contribution >= 0.6 is 0 Å². The lowest BCUT2D eigenvalue weighted by molar-refractivity contribution is -0.133. The topological polar surface area (TPSA) is 76.0 Å². The Kier molecular flexibility index (Phi) is 4.87. The van der Waals surface area contributed by atoms with Crippen LogP contribution in [0.5, 0.6) is 0 Å². The molecule has 5 nitrogen and oxygen atoms in total. The number of hydrogen-bond donors (Lipinski definition) is 1. The lowest BCUT2D eigenvalue weighted by Gasteiger charge is -2.02. The van der Waals surface area contributed by atoms with Gasteiger partial charge in [-0.3, -0.25) is 4.79 Å². The molecule has 0 bridgehead atoms. The number of oxime groups is 1. The average Bonchev–Trinajstić information content (AvgIpc) is 2.38. The summed E-state index contributed by atoms with van der Waals surface area (Å²) in [5.74, 6) is -1.46. The SMILES string of the molecule is COC(=O)/C(=N\O)C(=O)CCc1ccccc1. The number of Topliss-reactive ketones (excluding diaryl/α,β-unsaturated/α-hetero) is 1. The number of methoxy groups -OCH3 is 1. The quantitative estimate of drug-likeness (QED) is 0.273. The van der Waals surface area contributed by atoms with E-state index in [4.69, 9.17) is 5.21 Å². The molecule has 0 heterocycles. The molecule has 0 atom stereocenters. The van der Waals surface area contributed by atoms with Crippen LogP contribution in [0.4, 0.5) is 0 Å². The third-order valence-corrected chi connectivity index (χ3v) is 2.23. The molecule has 0 saturated carbocycles. The molecule has 0 aliphatic carbocycles. The van der Waals surface area contributed by atoms with Crippen molar-refractivity contribution in [3.05, 3.63) is 35.9 Å². The molecule has 90 valence electrons. The Bertz CT molecular complexity index is 425. The molecule has 5 heteroatoms. The molecular weight excluding hydrogens is 222 g/mol. The maximum atomic E-state index is 11.6. The minimum atomic E-state index is -0.925. The van der Waals surface area contributed by atoms with Gasteiger partial charge in [-0.05, 0) is 12.0 Å². The fourth-order valence-corrected chi connectivity index (χ4v) is 1.33. The highest BCUT2D eigenvalue weighted by Gasteiger charge is 2.21. The molecule has 0 radical (unpaired) electrons. The summed E-state index contributed by atoms with van der Waals surface area (Å²) >= 11 is 0. The van der Waals surface area contributed by atoms with Gasteiger partial charge in [0, 0.05) is 6.42 Å². The summed E-state index contributed by atoms with van der Waals surface area (Å²) in [6, 6.07) is 9.35. The van der Waals surface area contributed by atoms with Crippen LogP contribution in [0.3, 0.4) is 0 Å². The second kappa shape index (κ2) is 6.42. The van der Waals surface area contributed by atoms with Gasteiger partial charge < -0.3 is 9.94 Å². The van der Waals surface area contributed by atoms with Gasteiger partial charge in [0.05, 0.1) is 7.11 Å². The molecule has 0 aliphatic heterocycles. The smallest absolute Gasteiger partial charge is 0.363 e. The molecule has 1 N–H and O–H groups in total. The van der Waals surface area contributed by atoms with Gasteiger partial charge in [0.25, 0.3) is 0 Å². The van der Waals surface area contributed by atoms with Crippen molar-refractivity contribution in [1.82, 2.24) is 0 Å². The van der Waals surface area contributed by atoms with Crippen molar-refractivity contribution in [2.24, 2.45) is 5.16 Å². The summed E-state index contributed by atoms with van der Waals surface area (Å²) < 4.78 is 4.33. The first-order valence-corrected chi connectivity index (χ1v) is 5.06. The van der Waals surface area contributed by atoms with Crippen LogP contribution in [0.2, 0.25) is 0 Å². The van der Waals surface area contributed by atoms with Crippen LogP contribution in [-0.2, 0) is 20.7 Å². The first kappa shape index (κ1) is 12.9. The van der Waals surface area contributed by atoms with Crippen LogP contribution in [0.25, 0.3) is 0 Å².